The summed E-state index contributed by atoms with van der Waals surface area (Å²) in [4.78, 5) is 0. The Morgan fingerprint density at radius 1 is 1.08 bits per heavy atom. The molecule has 0 aromatic heterocycles. The Hall–Kier alpha value is -0.240. The molecule has 0 amide bonds. The van der Waals surface area contributed by atoms with Crippen molar-refractivity contribution in [3.05, 3.63) is 0 Å². The number of hydrogen-bond donors (Lipinski definition) is 5. The van der Waals surface area contributed by atoms with Crippen molar-refractivity contribution in [3.63, 3.8) is 0 Å². The number of rotatable bonds is 1. The second-order valence-electron chi connectivity index (χ2n) is 2.55. The smallest absolute Gasteiger partial charge is 0.184 e. The van der Waals surface area contributed by atoms with Crippen LogP contribution in [0.2, 0.25) is 0 Å². The highest BCUT2D eigenvalue weighted by Crippen LogP contribution is 2.18. The summed E-state index contributed by atoms with van der Waals surface area (Å²) in [5.74, 6) is 0. The topological polar surface area (TPSA) is 110 Å². The Bertz CT molecular complexity index is 207. The van der Waals surface area contributed by atoms with E-state index >= 15 is 0 Å². The standard InChI is InChI=1S/C6H12O6/c7-1-2-3(8)4(9)5(10)6(11)12-2/h2-11H,1H2/t2-,3-,4+,5-,6-/m1/s1/i1T2. The number of ether oxygens (including phenoxy) is 1. The summed E-state index contributed by atoms with van der Waals surface area (Å²) >= 11 is 0. The van der Waals surface area contributed by atoms with Crippen LogP contribution in [0.5, 0.6) is 0 Å². The van der Waals surface area contributed by atoms with Gasteiger partial charge in [-0.05, 0) is 0 Å². The fourth-order valence-corrected chi connectivity index (χ4v) is 0.968. The van der Waals surface area contributed by atoms with Gasteiger partial charge >= 0.3 is 0 Å². The third kappa shape index (κ3) is 1.58. The Kier molecular flexibility index (Phi) is 2.19. The van der Waals surface area contributed by atoms with E-state index in [9.17, 15) is 5.11 Å². The summed E-state index contributed by atoms with van der Waals surface area (Å²) < 4.78 is 18.1. The Morgan fingerprint density at radius 3 is 2.17 bits per heavy atom. The van der Waals surface area contributed by atoms with Crippen LogP contribution in [0.4, 0.5) is 0 Å². The molecule has 0 aromatic carbocycles. The lowest BCUT2D eigenvalue weighted by Crippen LogP contribution is -2.58. The van der Waals surface area contributed by atoms with Crippen LogP contribution in [0.25, 0.3) is 0 Å². The molecule has 0 bridgehead atoms. The van der Waals surface area contributed by atoms with E-state index in [-0.39, 0.29) is 0 Å². The van der Waals surface area contributed by atoms with Gasteiger partial charge in [0.1, 0.15) is 24.4 Å². The van der Waals surface area contributed by atoms with Gasteiger partial charge in [0, 0.05) is 0 Å². The van der Waals surface area contributed by atoms with E-state index in [0.29, 0.717) is 0 Å². The highest BCUT2D eigenvalue weighted by Gasteiger charge is 2.42. The second-order valence-corrected chi connectivity index (χ2v) is 2.55. The van der Waals surface area contributed by atoms with Crippen molar-refractivity contribution in [3.8, 4) is 0 Å². The molecule has 72 valence electrons. The zero-order chi connectivity index (χ0) is 11.1. The molecule has 6 heteroatoms. The molecule has 0 saturated carbocycles. The van der Waals surface area contributed by atoms with Gasteiger partial charge < -0.3 is 30.3 Å². The van der Waals surface area contributed by atoms with Crippen molar-refractivity contribution in [2.45, 2.75) is 30.7 Å². The summed E-state index contributed by atoms with van der Waals surface area (Å²) in [6, 6.07) is 0. The lowest BCUT2D eigenvalue weighted by molar-refractivity contribution is -0.286. The zero-order valence-corrected chi connectivity index (χ0v) is 6.03. The van der Waals surface area contributed by atoms with E-state index in [1.165, 1.54) is 0 Å². The molecule has 1 heterocycles. The van der Waals surface area contributed by atoms with Gasteiger partial charge in [-0.2, -0.15) is 0 Å². The third-order valence-corrected chi connectivity index (χ3v) is 1.72. The van der Waals surface area contributed by atoms with Crippen molar-refractivity contribution in [1.29, 1.82) is 0 Å². The molecule has 5 N–H and O–H groups in total. The van der Waals surface area contributed by atoms with E-state index in [1.807, 2.05) is 0 Å². The van der Waals surface area contributed by atoms with Crippen molar-refractivity contribution < 1.29 is 33.0 Å². The molecule has 1 aliphatic rings. The third-order valence-electron chi connectivity index (χ3n) is 1.72. The molecule has 1 rings (SSSR count). The van der Waals surface area contributed by atoms with E-state index < -0.39 is 37.3 Å². The van der Waals surface area contributed by atoms with Gasteiger partial charge in [-0.25, -0.2) is 0 Å². The summed E-state index contributed by atoms with van der Waals surface area (Å²) in [5, 5.41) is 45.2. The van der Waals surface area contributed by atoms with Crippen molar-refractivity contribution in [1.82, 2.24) is 0 Å². The first-order valence-electron chi connectivity index (χ1n) is 4.35. The van der Waals surface area contributed by atoms with E-state index in [0.717, 1.165) is 0 Å². The van der Waals surface area contributed by atoms with Gasteiger partial charge in [-0.15, -0.1) is 0 Å². The number of aliphatic hydroxyl groups is 5. The van der Waals surface area contributed by atoms with E-state index in [1.54, 1.807) is 0 Å². The summed E-state index contributed by atoms with van der Waals surface area (Å²) in [6.07, 6.45) is -8.97. The summed E-state index contributed by atoms with van der Waals surface area (Å²) in [6.45, 7) is -2.92. The molecule has 0 spiro atoms. The fourth-order valence-electron chi connectivity index (χ4n) is 0.968. The molecule has 1 fully saturated rings. The molecule has 0 unspecified atom stereocenters. The largest absolute Gasteiger partial charge is 0.394 e. The Labute approximate surface area is 71.5 Å². The summed E-state index contributed by atoms with van der Waals surface area (Å²) in [7, 11) is 0. The normalized spacial score (nSPS) is 52.9. The predicted molar refractivity (Wildman–Crippen MR) is 36.0 cm³/mol. The van der Waals surface area contributed by atoms with Crippen LogP contribution in [0.1, 0.15) is 2.74 Å². The minimum absolute atomic E-state index is 1.73. The van der Waals surface area contributed by atoms with Crippen LogP contribution in [0, 0.1) is 0 Å². The first-order chi connectivity index (χ1) is 6.25. The molecule has 0 radical (unpaired) electrons. The predicted octanol–water partition coefficient (Wildman–Crippen LogP) is -3.22. The average Bonchev–Trinajstić information content (AvgIpc) is 2.06. The van der Waals surface area contributed by atoms with Crippen LogP contribution in [0.3, 0.4) is 0 Å². The maximum absolute atomic E-state index is 9.22. The zero-order valence-electron chi connectivity index (χ0n) is 8.03. The number of hydrogen-bond acceptors (Lipinski definition) is 6. The molecule has 5 atom stereocenters. The molecular weight excluding hydrogens is 168 g/mol. The van der Waals surface area contributed by atoms with E-state index in [2.05, 4.69) is 4.74 Å². The Morgan fingerprint density at radius 2 is 1.67 bits per heavy atom. The quantitative estimate of drug-likeness (QED) is 0.293. The fraction of sp³-hybridized carbons (Fsp3) is 1.00. The maximum Gasteiger partial charge on any atom is 0.184 e. The summed E-state index contributed by atoms with van der Waals surface area (Å²) in [5.41, 5.74) is 0. The minimum Gasteiger partial charge on any atom is -0.394 e. The van der Waals surface area contributed by atoms with Crippen LogP contribution < -0.4 is 0 Å². The highest BCUT2D eigenvalue weighted by molar-refractivity contribution is 4.87. The first kappa shape index (κ1) is 7.19. The van der Waals surface area contributed by atoms with Gasteiger partial charge in [0.15, 0.2) is 6.29 Å². The molecule has 0 aromatic rings. The lowest BCUT2D eigenvalue weighted by atomic mass is 10.00. The van der Waals surface area contributed by atoms with Gasteiger partial charge in [0.25, 0.3) is 0 Å². The van der Waals surface area contributed by atoms with Crippen LogP contribution >= 0.6 is 0 Å². The molecule has 1 aliphatic heterocycles. The van der Waals surface area contributed by atoms with Gasteiger partial charge in [0.05, 0.1) is 9.30 Å². The van der Waals surface area contributed by atoms with Gasteiger partial charge in [0.2, 0.25) is 0 Å². The van der Waals surface area contributed by atoms with Crippen LogP contribution in [-0.4, -0.2) is 62.8 Å². The van der Waals surface area contributed by atoms with Crippen molar-refractivity contribution >= 4 is 0 Å². The van der Waals surface area contributed by atoms with Gasteiger partial charge in [-0.3, -0.25) is 0 Å². The van der Waals surface area contributed by atoms with E-state index in [4.69, 9.17) is 23.2 Å². The molecule has 6 nitrogen and oxygen atoms in total. The number of aliphatic hydroxyl groups excluding tert-OH is 4. The van der Waals surface area contributed by atoms with Crippen LogP contribution in [0.15, 0.2) is 0 Å². The minimum atomic E-state index is -2.92. The van der Waals surface area contributed by atoms with Crippen molar-refractivity contribution in [2.75, 3.05) is 6.56 Å². The molecule has 0 aliphatic carbocycles. The second kappa shape index (κ2) is 3.65. The van der Waals surface area contributed by atoms with Crippen LogP contribution in [-0.2, 0) is 4.74 Å². The van der Waals surface area contributed by atoms with Crippen molar-refractivity contribution in [2.24, 2.45) is 0 Å². The highest BCUT2D eigenvalue weighted by atomic mass is 16.6. The average molecular weight is 184 g/mol. The Balaban J connectivity index is 2.81. The first-order valence-corrected chi connectivity index (χ1v) is 3.35. The lowest BCUT2D eigenvalue weighted by Gasteiger charge is -2.37. The monoisotopic (exact) mass is 184 g/mol. The molecule has 1 saturated heterocycles. The van der Waals surface area contributed by atoms with Gasteiger partial charge in [-0.1, -0.05) is 0 Å². The molecular formula is C6H12O6. The molecule has 12 heavy (non-hydrogen) atoms. The maximum atomic E-state index is 9.22. The SMILES string of the molecule is [3H]C([3H])(O)[C@H]1O[C@@H](O)[C@H](O)[C@@H](O)[C@@H]1O.